The minimum absolute atomic E-state index is 0.0533. The molecule has 1 aliphatic rings. The van der Waals surface area contributed by atoms with Gasteiger partial charge in [0.1, 0.15) is 5.75 Å². The second-order valence-corrected chi connectivity index (χ2v) is 4.24. The molecule has 0 saturated heterocycles. The third kappa shape index (κ3) is 1.39. The third-order valence-electron chi connectivity index (χ3n) is 3.01. The number of hydrogen-bond acceptors (Lipinski definition) is 2. The van der Waals surface area contributed by atoms with E-state index in [9.17, 15) is 9.90 Å². The van der Waals surface area contributed by atoms with E-state index < -0.39 is 11.6 Å². The first-order valence-corrected chi connectivity index (χ1v) is 5.06. The van der Waals surface area contributed by atoms with Crippen LogP contribution in [0.25, 0.3) is 0 Å². The molecule has 1 aromatic carbocycles. The Hall–Kier alpha value is -1.51. The van der Waals surface area contributed by atoms with E-state index in [-0.39, 0.29) is 5.92 Å². The number of para-hydroxylation sites is 1. The summed E-state index contributed by atoms with van der Waals surface area (Å²) in [5.41, 5.74) is -0.0995. The largest absolute Gasteiger partial charge is 0.478 e. The van der Waals surface area contributed by atoms with Gasteiger partial charge in [-0.3, -0.25) is 0 Å². The Bertz CT molecular complexity index is 371. The van der Waals surface area contributed by atoms with Crippen LogP contribution in [0.5, 0.6) is 5.75 Å². The molecule has 2 rings (SSSR count). The fraction of sp³-hybridized carbons (Fsp3) is 0.417. The number of rotatable bonds is 2. The van der Waals surface area contributed by atoms with Crippen molar-refractivity contribution in [1.29, 1.82) is 0 Å². The van der Waals surface area contributed by atoms with E-state index in [1.54, 1.807) is 0 Å². The summed E-state index contributed by atoms with van der Waals surface area (Å²) in [6.07, 6.45) is 0.455. The number of fused-ring (bicyclic) bond motifs is 1. The van der Waals surface area contributed by atoms with Gasteiger partial charge in [0.05, 0.1) is 0 Å². The van der Waals surface area contributed by atoms with Crippen molar-refractivity contribution in [3.8, 4) is 5.75 Å². The van der Waals surface area contributed by atoms with Gasteiger partial charge >= 0.3 is 5.97 Å². The summed E-state index contributed by atoms with van der Waals surface area (Å²) in [4.78, 5) is 11.3. The predicted octanol–water partition coefficient (Wildman–Crippen LogP) is 2.10. The topological polar surface area (TPSA) is 46.5 Å². The van der Waals surface area contributed by atoms with Crippen molar-refractivity contribution in [1.82, 2.24) is 0 Å². The summed E-state index contributed by atoms with van der Waals surface area (Å²) in [5.74, 6) is -0.232. The molecule has 0 radical (unpaired) electrons. The van der Waals surface area contributed by atoms with Gasteiger partial charge in [-0.2, -0.15) is 0 Å². The molecular formula is C12H14O3. The van der Waals surface area contributed by atoms with Crippen molar-refractivity contribution >= 4 is 5.97 Å². The number of hydrogen-bond donors (Lipinski definition) is 1. The van der Waals surface area contributed by atoms with E-state index in [0.717, 1.165) is 5.56 Å². The van der Waals surface area contributed by atoms with Crippen LogP contribution in [0, 0.1) is 5.92 Å². The Morgan fingerprint density at radius 1 is 1.47 bits per heavy atom. The lowest BCUT2D eigenvalue weighted by Crippen LogP contribution is -2.48. The van der Waals surface area contributed by atoms with Gasteiger partial charge < -0.3 is 9.84 Å². The summed E-state index contributed by atoms with van der Waals surface area (Å²) in [7, 11) is 0. The number of benzene rings is 1. The second-order valence-electron chi connectivity index (χ2n) is 4.24. The van der Waals surface area contributed by atoms with Crippen LogP contribution < -0.4 is 4.74 Å². The van der Waals surface area contributed by atoms with Crippen LogP contribution in [0.1, 0.15) is 19.4 Å². The average Bonchev–Trinajstić information content (AvgIpc) is 2.57. The molecule has 3 nitrogen and oxygen atoms in total. The zero-order valence-corrected chi connectivity index (χ0v) is 8.86. The Morgan fingerprint density at radius 2 is 2.13 bits per heavy atom. The first-order valence-electron chi connectivity index (χ1n) is 5.06. The zero-order chi connectivity index (χ0) is 11.1. The molecule has 1 aliphatic heterocycles. The molecule has 0 spiro atoms. The summed E-state index contributed by atoms with van der Waals surface area (Å²) < 4.78 is 5.62. The maximum Gasteiger partial charge on any atom is 0.348 e. The molecule has 1 aromatic rings. The van der Waals surface area contributed by atoms with E-state index >= 15 is 0 Å². The van der Waals surface area contributed by atoms with Gasteiger partial charge in [-0.25, -0.2) is 4.79 Å². The van der Waals surface area contributed by atoms with Crippen LogP contribution in [0.4, 0.5) is 0 Å². The fourth-order valence-electron chi connectivity index (χ4n) is 1.95. The van der Waals surface area contributed by atoms with Crippen molar-refractivity contribution in [2.24, 2.45) is 5.92 Å². The molecule has 3 heteroatoms. The quantitative estimate of drug-likeness (QED) is 0.806. The highest BCUT2D eigenvalue weighted by Crippen LogP contribution is 2.39. The standard InChI is InChI=1S/C12H14O3/c1-8(2)12(11(13)14)7-9-5-3-4-6-10(9)15-12/h3-6,8H,7H2,1-2H3,(H,13,14). The van der Waals surface area contributed by atoms with Crippen molar-refractivity contribution in [2.45, 2.75) is 25.9 Å². The van der Waals surface area contributed by atoms with Crippen molar-refractivity contribution < 1.29 is 14.6 Å². The molecule has 0 aromatic heterocycles. The van der Waals surface area contributed by atoms with E-state index in [4.69, 9.17) is 4.74 Å². The van der Waals surface area contributed by atoms with Gasteiger partial charge in [0.25, 0.3) is 0 Å². The molecule has 1 N–H and O–H groups in total. The molecule has 0 saturated carbocycles. The average molecular weight is 206 g/mol. The lowest BCUT2D eigenvalue weighted by atomic mass is 9.86. The molecule has 15 heavy (non-hydrogen) atoms. The first-order chi connectivity index (χ1) is 7.06. The Labute approximate surface area is 88.7 Å². The van der Waals surface area contributed by atoms with Gasteiger partial charge in [0.2, 0.25) is 5.60 Å². The van der Waals surface area contributed by atoms with Gasteiger partial charge in [-0.1, -0.05) is 32.0 Å². The number of carbonyl (C=O) groups is 1. The van der Waals surface area contributed by atoms with Crippen molar-refractivity contribution in [3.05, 3.63) is 29.8 Å². The highest BCUT2D eigenvalue weighted by Gasteiger charge is 2.49. The minimum Gasteiger partial charge on any atom is -0.478 e. The molecule has 1 heterocycles. The van der Waals surface area contributed by atoms with E-state index in [2.05, 4.69) is 0 Å². The molecule has 1 atom stereocenters. The molecule has 0 aliphatic carbocycles. The lowest BCUT2D eigenvalue weighted by molar-refractivity contribution is -0.157. The molecule has 80 valence electrons. The van der Waals surface area contributed by atoms with Gasteiger partial charge in [-0.05, 0) is 11.6 Å². The third-order valence-corrected chi connectivity index (χ3v) is 3.01. The molecule has 0 bridgehead atoms. The Balaban J connectivity index is 2.41. The molecule has 0 amide bonds. The minimum atomic E-state index is -1.08. The first kappa shape index (κ1) is 10.0. The summed E-state index contributed by atoms with van der Waals surface area (Å²) in [6, 6.07) is 7.50. The highest BCUT2D eigenvalue weighted by molar-refractivity contribution is 5.80. The fourth-order valence-corrected chi connectivity index (χ4v) is 1.95. The van der Waals surface area contributed by atoms with Crippen LogP contribution in [0.2, 0.25) is 0 Å². The van der Waals surface area contributed by atoms with Gasteiger partial charge in [0.15, 0.2) is 0 Å². The van der Waals surface area contributed by atoms with Crippen LogP contribution >= 0.6 is 0 Å². The van der Waals surface area contributed by atoms with Crippen molar-refractivity contribution in [3.63, 3.8) is 0 Å². The maximum atomic E-state index is 11.3. The zero-order valence-electron chi connectivity index (χ0n) is 8.86. The Kier molecular flexibility index (Phi) is 2.18. The monoisotopic (exact) mass is 206 g/mol. The number of aliphatic carboxylic acids is 1. The van der Waals surface area contributed by atoms with Gasteiger partial charge in [0, 0.05) is 12.3 Å². The van der Waals surface area contributed by atoms with E-state index in [1.165, 1.54) is 0 Å². The summed E-state index contributed by atoms with van der Waals surface area (Å²) in [5, 5.41) is 9.28. The van der Waals surface area contributed by atoms with Crippen molar-refractivity contribution in [2.75, 3.05) is 0 Å². The van der Waals surface area contributed by atoms with Crippen LogP contribution in [-0.2, 0) is 11.2 Å². The predicted molar refractivity (Wildman–Crippen MR) is 56.0 cm³/mol. The molecular weight excluding hydrogens is 192 g/mol. The van der Waals surface area contributed by atoms with Crippen LogP contribution in [0.15, 0.2) is 24.3 Å². The van der Waals surface area contributed by atoms with E-state index in [0.29, 0.717) is 12.2 Å². The smallest absolute Gasteiger partial charge is 0.348 e. The molecule has 1 unspecified atom stereocenters. The SMILES string of the molecule is CC(C)C1(C(=O)O)Cc2ccccc2O1. The highest BCUT2D eigenvalue weighted by atomic mass is 16.5. The van der Waals surface area contributed by atoms with Gasteiger partial charge in [-0.15, -0.1) is 0 Å². The number of carboxylic acids is 1. The Morgan fingerprint density at radius 3 is 2.67 bits per heavy atom. The normalized spacial score (nSPS) is 23.7. The summed E-state index contributed by atoms with van der Waals surface area (Å²) >= 11 is 0. The maximum absolute atomic E-state index is 11.3. The number of ether oxygens (including phenoxy) is 1. The van der Waals surface area contributed by atoms with Crippen LogP contribution in [0.3, 0.4) is 0 Å². The summed E-state index contributed by atoms with van der Waals surface area (Å²) in [6.45, 7) is 3.75. The number of carboxylic acid groups (broad SMARTS) is 1. The molecule has 0 fully saturated rings. The van der Waals surface area contributed by atoms with E-state index in [1.807, 2.05) is 38.1 Å². The lowest BCUT2D eigenvalue weighted by Gasteiger charge is -2.27. The second kappa shape index (κ2) is 3.26. The van der Waals surface area contributed by atoms with Crippen LogP contribution in [-0.4, -0.2) is 16.7 Å².